The molecule has 0 aliphatic carbocycles. The fraction of sp³-hybridized carbons (Fsp3) is 0.400. The standard InChI is InChI=1S/C10H17N3O2S/c1-4-11-9-5-7-10(8-6-9)16(14,15)12-13(2)3/h5-8,11-12H,4H2,1-3H3. The molecule has 0 atom stereocenters. The van der Waals surface area contributed by atoms with Crippen LogP contribution >= 0.6 is 0 Å². The normalized spacial score (nSPS) is 11.8. The zero-order valence-corrected chi connectivity index (χ0v) is 10.5. The molecular weight excluding hydrogens is 226 g/mol. The second-order valence-electron chi connectivity index (χ2n) is 3.54. The first kappa shape index (κ1) is 13.0. The number of sulfonamides is 1. The maximum Gasteiger partial charge on any atom is 0.253 e. The summed E-state index contributed by atoms with van der Waals surface area (Å²) in [5.74, 6) is 0. The molecule has 2 N–H and O–H groups in total. The first-order valence-corrected chi connectivity index (χ1v) is 6.47. The SMILES string of the molecule is CCNc1ccc(S(=O)(=O)NN(C)C)cc1. The van der Waals surface area contributed by atoms with Crippen LogP contribution in [-0.4, -0.2) is 34.1 Å². The molecule has 6 heteroatoms. The summed E-state index contributed by atoms with van der Waals surface area (Å²) < 4.78 is 23.5. The lowest BCUT2D eigenvalue weighted by atomic mass is 10.3. The molecule has 0 bridgehead atoms. The lowest BCUT2D eigenvalue weighted by Gasteiger charge is -2.12. The highest BCUT2D eigenvalue weighted by Crippen LogP contribution is 2.13. The lowest BCUT2D eigenvalue weighted by molar-refractivity contribution is 0.364. The van der Waals surface area contributed by atoms with Crippen LogP contribution in [0.5, 0.6) is 0 Å². The first-order chi connectivity index (χ1) is 7.45. The molecule has 0 spiro atoms. The van der Waals surface area contributed by atoms with Gasteiger partial charge in [-0.25, -0.2) is 13.4 Å². The number of anilines is 1. The van der Waals surface area contributed by atoms with Gasteiger partial charge >= 0.3 is 0 Å². The average Bonchev–Trinajstić information content (AvgIpc) is 2.17. The van der Waals surface area contributed by atoms with E-state index in [0.717, 1.165) is 12.2 Å². The third-order valence-electron chi connectivity index (χ3n) is 1.85. The van der Waals surface area contributed by atoms with Crippen LogP contribution in [0.2, 0.25) is 0 Å². The molecule has 0 saturated carbocycles. The molecule has 1 aromatic rings. The van der Waals surface area contributed by atoms with Crippen LogP contribution in [0.3, 0.4) is 0 Å². The Morgan fingerprint density at radius 1 is 1.19 bits per heavy atom. The van der Waals surface area contributed by atoms with E-state index < -0.39 is 10.0 Å². The van der Waals surface area contributed by atoms with Crippen LogP contribution in [0.15, 0.2) is 29.2 Å². The summed E-state index contributed by atoms with van der Waals surface area (Å²) in [4.78, 5) is 2.62. The Hall–Kier alpha value is -1.11. The van der Waals surface area contributed by atoms with Crippen LogP contribution < -0.4 is 10.1 Å². The zero-order chi connectivity index (χ0) is 12.2. The Morgan fingerprint density at radius 2 is 1.75 bits per heavy atom. The quantitative estimate of drug-likeness (QED) is 0.753. The third kappa shape index (κ3) is 3.48. The van der Waals surface area contributed by atoms with Gasteiger partial charge in [0.25, 0.3) is 10.0 Å². The Balaban J connectivity index is 2.89. The van der Waals surface area contributed by atoms with E-state index in [1.54, 1.807) is 38.4 Å². The van der Waals surface area contributed by atoms with Crippen molar-refractivity contribution in [2.75, 3.05) is 26.0 Å². The van der Waals surface area contributed by atoms with Gasteiger partial charge in [-0.2, -0.15) is 0 Å². The van der Waals surface area contributed by atoms with Gasteiger partial charge in [0, 0.05) is 26.3 Å². The van der Waals surface area contributed by atoms with Crippen molar-refractivity contribution >= 4 is 15.7 Å². The summed E-state index contributed by atoms with van der Waals surface area (Å²) in [7, 11) is -0.184. The van der Waals surface area contributed by atoms with Gasteiger partial charge in [0.1, 0.15) is 0 Å². The van der Waals surface area contributed by atoms with Gasteiger partial charge in [0.15, 0.2) is 0 Å². The predicted octanol–water partition coefficient (Wildman–Crippen LogP) is 0.873. The zero-order valence-electron chi connectivity index (χ0n) is 9.69. The van der Waals surface area contributed by atoms with E-state index in [-0.39, 0.29) is 4.90 Å². The molecule has 1 rings (SSSR count). The number of hydrogen-bond donors (Lipinski definition) is 2. The van der Waals surface area contributed by atoms with Gasteiger partial charge in [0.05, 0.1) is 4.90 Å². The Labute approximate surface area is 96.5 Å². The molecule has 0 aliphatic heterocycles. The summed E-state index contributed by atoms with van der Waals surface area (Å²) >= 11 is 0. The fourth-order valence-corrected chi connectivity index (χ4v) is 2.33. The Kier molecular flexibility index (Phi) is 4.28. The van der Waals surface area contributed by atoms with Crippen molar-refractivity contribution < 1.29 is 8.42 Å². The lowest BCUT2D eigenvalue weighted by Crippen LogP contribution is -2.36. The van der Waals surface area contributed by atoms with E-state index in [1.807, 2.05) is 6.92 Å². The number of nitrogens with one attached hydrogen (secondary N) is 2. The van der Waals surface area contributed by atoms with Crippen molar-refractivity contribution in [1.82, 2.24) is 9.84 Å². The third-order valence-corrected chi connectivity index (χ3v) is 3.35. The maximum absolute atomic E-state index is 11.7. The number of rotatable bonds is 5. The second-order valence-corrected chi connectivity index (χ2v) is 5.20. The molecule has 0 aliphatic rings. The van der Waals surface area contributed by atoms with E-state index in [4.69, 9.17) is 0 Å². The second kappa shape index (κ2) is 5.29. The van der Waals surface area contributed by atoms with Gasteiger partial charge in [-0.1, -0.05) is 0 Å². The van der Waals surface area contributed by atoms with Crippen molar-refractivity contribution in [2.45, 2.75) is 11.8 Å². The highest BCUT2D eigenvalue weighted by molar-refractivity contribution is 7.89. The summed E-state index contributed by atoms with van der Waals surface area (Å²) in [6, 6.07) is 6.63. The first-order valence-electron chi connectivity index (χ1n) is 4.99. The molecule has 1 aromatic carbocycles. The van der Waals surface area contributed by atoms with E-state index >= 15 is 0 Å². The highest BCUT2D eigenvalue weighted by Gasteiger charge is 2.13. The number of benzene rings is 1. The molecule has 0 radical (unpaired) electrons. The van der Waals surface area contributed by atoms with Crippen molar-refractivity contribution in [3.63, 3.8) is 0 Å². The number of hydrogen-bond acceptors (Lipinski definition) is 4. The number of nitrogens with zero attached hydrogens (tertiary/aromatic N) is 1. The van der Waals surface area contributed by atoms with Gasteiger partial charge in [-0.15, -0.1) is 4.83 Å². The summed E-state index contributed by atoms with van der Waals surface area (Å²) in [5.41, 5.74) is 0.909. The minimum atomic E-state index is -3.44. The molecular formula is C10H17N3O2S. The highest BCUT2D eigenvalue weighted by atomic mass is 32.2. The molecule has 0 amide bonds. The fourth-order valence-electron chi connectivity index (χ4n) is 1.25. The molecule has 0 saturated heterocycles. The largest absolute Gasteiger partial charge is 0.385 e. The van der Waals surface area contributed by atoms with E-state index in [2.05, 4.69) is 10.1 Å². The molecule has 0 fully saturated rings. The van der Waals surface area contributed by atoms with Gasteiger partial charge in [-0.3, -0.25) is 0 Å². The minimum Gasteiger partial charge on any atom is -0.385 e. The van der Waals surface area contributed by atoms with Gasteiger partial charge < -0.3 is 5.32 Å². The molecule has 90 valence electrons. The van der Waals surface area contributed by atoms with Crippen LogP contribution in [0.4, 0.5) is 5.69 Å². The predicted molar refractivity (Wildman–Crippen MR) is 64.6 cm³/mol. The minimum absolute atomic E-state index is 0.253. The van der Waals surface area contributed by atoms with Crippen LogP contribution in [-0.2, 0) is 10.0 Å². The monoisotopic (exact) mass is 243 g/mol. The maximum atomic E-state index is 11.7. The summed E-state index contributed by atoms with van der Waals surface area (Å²) in [6.07, 6.45) is 0. The van der Waals surface area contributed by atoms with Gasteiger partial charge in [0.2, 0.25) is 0 Å². The van der Waals surface area contributed by atoms with Crippen LogP contribution in [0.1, 0.15) is 6.92 Å². The van der Waals surface area contributed by atoms with E-state index in [0.29, 0.717) is 0 Å². The molecule has 16 heavy (non-hydrogen) atoms. The topological polar surface area (TPSA) is 61.4 Å². The smallest absolute Gasteiger partial charge is 0.253 e. The van der Waals surface area contributed by atoms with Crippen LogP contribution in [0.25, 0.3) is 0 Å². The van der Waals surface area contributed by atoms with Crippen molar-refractivity contribution in [1.29, 1.82) is 0 Å². The Bertz CT molecular complexity index is 426. The summed E-state index contributed by atoms with van der Waals surface area (Å²) in [5, 5.41) is 4.50. The molecule has 0 aromatic heterocycles. The molecule has 0 unspecified atom stereocenters. The summed E-state index contributed by atoms with van der Waals surface area (Å²) in [6.45, 7) is 2.79. The van der Waals surface area contributed by atoms with Crippen molar-refractivity contribution in [3.05, 3.63) is 24.3 Å². The average molecular weight is 243 g/mol. The van der Waals surface area contributed by atoms with Gasteiger partial charge in [-0.05, 0) is 31.2 Å². The molecule has 0 heterocycles. The molecule has 5 nitrogen and oxygen atoms in total. The van der Waals surface area contributed by atoms with E-state index in [9.17, 15) is 8.42 Å². The van der Waals surface area contributed by atoms with Crippen molar-refractivity contribution in [2.24, 2.45) is 0 Å². The van der Waals surface area contributed by atoms with Crippen LogP contribution in [0, 0.1) is 0 Å². The number of hydrazine groups is 1. The Morgan fingerprint density at radius 3 is 2.19 bits per heavy atom. The van der Waals surface area contributed by atoms with E-state index in [1.165, 1.54) is 5.01 Å². The van der Waals surface area contributed by atoms with Crippen molar-refractivity contribution in [3.8, 4) is 0 Å².